The number of aryl methyl sites for hydroxylation is 1. The molecule has 1 heterocycles. The summed E-state index contributed by atoms with van der Waals surface area (Å²) >= 11 is 0. The number of rotatable bonds is 2. The smallest absolute Gasteiger partial charge is 0.410 e. The lowest BCUT2D eigenvalue weighted by molar-refractivity contribution is -0.0139. The first-order valence-electron chi connectivity index (χ1n) is 7.87. The molecule has 1 saturated heterocycles. The van der Waals surface area contributed by atoms with Crippen molar-refractivity contribution in [2.45, 2.75) is 51.7 Å². The van der Waals surface area contributed by atoms with Crippen molar-refractivity contribution in [1.82, 2.24) is 4.90 Å². The Morgan fingerprint density at radius 2 is 2.05 bits per heavy atom. The fraction of sp³-hybridized carbons (Fsp3) is 0.611. The van der Waals surface area contributed by atoms with Crippen LogP contribution < -0.4 is 0 Å². The van der Waals surface area contributed by atoms with E-state index in [0.717, 1.165) is 6.42 Å². The molecule has 0 spiro atoms. The van der Waals surface area contributed by atoms with Crippen LogP contribution in [0, 0.1) is 6.92 Å². The predicted molar refractivity (Wildman–Crippen MR) is 87.1 cm³/mol. The van der Waals surface area contributed by atoms with Gasteiger partial charge in [-0.15, -0.1) is 0 Å². The molecule has 0 bridgehead atoms. The zero-order valence-electron chi connectivity index (χ0n) is 14.3. The molecule has 0 aromatic heterocycles. The Bertz CT molecular complexity index is 521. The van der Waals surface area contributed by atoms with Gasteiger partial charge >= 0.3 is 6.09 Å². The quantitative estimate of drug-likeness (QED) is 0.835. The number of hydrogen-bond donors (Lipinski definition) is 0. The maximum Gasteiger partial charge on any atom is 0.410 e. The van der Waals surface area contributed by atoms with Crippen LogP contribution in [-0.4, -0.2) is 42.9 Å². The van der Waals surface area contributed by atoms with Gasteiger partial charge in [-0.1, -0.05) is 29.8 Å². The third-order valence-corrected chi connectivity index (χ3v) is 3.98. The normalized spacial score (nSPS) is 22.5. The van der Waals surface area contributed by atoms with E-state index in [9.17, 15) is 4.79 Å². The summed E-state index contributed by atoms with van der Waals surface area (Å²) in [4.78, 5) is 14.0. The van der Waals surface area contributed by atoms with Gasteiger partial charge in [-0.3, -0.25) is 0 Å². The highest BCUT2D eigenvalue weighted by Gasteiger charge is 2.34. The maximum absolute atomic E-state index is 12.2. The summed E-state index contributed by atoms with van der Waals surface area (Å²) in [5, 5.41) is 0. The average Bonchev–Trinajstić information content (AvgIpc) is 2.44. The SMILES string of the molecule is COC1CN(C(=O)OC(C)(C)C)CCC1c1cccc(C)c1. The van der Waals surface area contributed by atoms with Crippen molar-refractivity contribution in [1.29, 1.82) is 0 Å². The number of piperidine rings is 1. The Kier molecular flexibility index (Phi) is 5.12. The molecule has 22 heavy (non-hydrogen) atoms. The van der Waals surface area contributed by atoms with E-state index in [4.69, 9.17) is 9.47 Å². The summed E-state index contributed by atoms with van der Waals surface area (Å²) in [6, 6.07) is 8.53. The Hall–Kier alpha value is -1.55. The molecule has 0 saturated carbocycles. The Balaban J connectivity index is 2.07. The number of amides is 1. The number of carbonyl (C=O) groups is 1. The second-order valence-corrected chi connectivity index (χ2v) is 7.01. The molecule has 122 valence electrons. The highest BCUT2D eigenvalue weighted by molar-refractivity contribution is 5.68. The van der Waals surface area contributed by atoms with Gasteiger partial charge in [0.05, 0.1) is 12.6 Å². The van der Waals surface area contributed by atoms with Crippen LogP contribution in [0.1, 0.15) is 44.2 Å². The molecule has 0 radical (unpaired) electrons. The molecule has 1 aliphatic heterocycles. The molecule has 1 fully saturated rings. The summed E-state index contributed by atoms with van der Waals surface area (Å²) in [5.41, 5.74) is 2.07. The molecule has 1 aromatic rings. The average molecular weight is 305 g/mol. The first-order chi connectivity index (χ1) is 10.3. The minimum atomic E-state index is -0.465. The predicted octanol–water partition coefficient (Wildman–Crippen LogP) is 3.73. The minimum Gasteiger partial charge on any atom is -0.444 e. The lowest BCUT2D eigenvalue weighted by Crippen LogP contribution is -2.48. The Labute approximate surface area is 133 Å². The lowest BCUT2D eigenvalue weighted by Gasteiger charge is -2.38. The van der Waals surface area contributed by atoms with Crippen molar-refractivity contribution < 1.29 is 14.3 Å². The highest BCUT2D eigenvalue weighted by Crippen LogP contribution is 2.31. The van der Waals surface area contributed by atoms with Gasteiger partial charge in [-0.2, -0.15) is 0 Å². The Morgan fingerprint density at radius 3 is 2.64 bits per heavy atom. The van der Waals surface area contributed by atoms with Crippen LogP contribution in [0.5, 0.6) is 0 Å². The summed E-state index contributed by atoms with van der Waals surface area (Å²) in [7, 11) is 1.71. The van der Waals surface area contributed by atoms with Gasteiger partial charge in [0, 0.05) is 19.6 Å². The molecule has 2 unspecified atom stereocenters. The number of carbonyl (C=O) groups excluding carboxylic acids is 1. The Morgan fingerprint density at radius 1 is 1.32 bits per heavy atom. The number of likely N-dealkylation sites (tertiary alicyclic amines) is 1. The first kappa shape index (κ1) is 16.8. The van der Waals surface area contributed by atoms with E-state index in [1.807, 2.05) is 20.8 Å². The summed E-state index contributed by atoms with van der Waals surface area (Å²) in [5.74, 6) is 0.323. The number of nitrogens with zero attached hydrogens (tertiary/aromatic N) is 1. The standard InChI is InChI=1S/C18H27NO3/c1-13-7-6-8-14(11-13)15-9-10-19(12-16(15)21-5)17(20)22-18(2,3)4/h6-8,11,15-16H,9-10,12H2,1-5H3. The van der Waals surface area contributed by atoms with E-state index < -0.39 is 5.60 Å². The van der Waals surface area contributed by atoms with Gasteiger partial charge < -0.3 is 14.4 Å². The molecule has 4 heteroatoms. The number of methoxy groups -OCH3 is 1. The molecule has 0 aliphatic carbocycles. The van der Waals surface area contributed by atoms with E-state index >= 15 is 0 Å². The fourth-order valence-corrected chi connectivity index (χ4v) is 2.93. The van der Waals surface area contributed by atoms with Gasteiger partial charge in [0.1, 0.15) is 5.60 Å². The lowest BCUT2D eigenvalue weighted by atomic mass is 9.86. The van der Waals surface area contributed by atoms with E-state index in [1.54, 1.807) is 12.0 Å². The summed E-state index contributed by atoms with van der Waals surface area (Å²) < 4.78 is 11.1. The highest BCUT2D eigenvalue weighted by atomic mass is 16.6. The van der Waals surface area contributed by atoms with Crippen LogP contribution in [0.15, 0.2) is 24.3 Å². The molecule has 1 aliphatic rings. The monoisotopic (exact) mass is 305 g/mol. The third kappa shape index (κ3) is 4.23. The van der Waals surface area contributed by atoms with Crippen molar-refractivity contribution in [3.8, 4) is 0 Å². The van der Waals surface area contributed by atoms with Gasteiger partial charge in [-0.05, 0) is 39.7 Å². The summed E-state index contributed by atoms with van der Waals surface area (Å²) in [6.45, 7) is 9.03. The van der Waals surface area contributed by atoms with Crippen LogP contribution in [0.2, 0.25) is 0 Å². The number of ether oxygens (including phenoxy) is 2. The molecular formula is C18H27NO3. The second-order valence-electron chi connectivity index (χ2n) is 7.01. The molecule has 2 rings (SSSR count). The summed E-state index contributed by atoms with van der Waals surface area (Å²) in [6.07, 6.45) is 0.640. The zero-order chi connectivity index (χ0) is 16.3. The van der Waals surface area contributed by atoms with Gasteiger partial charge in [0.25, 0.3) is 0 Å². The van der Waals surface area contributed by atoms with Crippen molar-refractivity contribution in [2.75, 3.05) is 20.2 Å². The minimum absolute atomic E-state index is 0.00284. The van der Waals surface area contributed by atoms with Gasteiger partial charge in [0.2, 0.25) is 0 Å². The zero-order valence-corrected chi connectivity index (χ0v) is 14.3. The van der Waals surface area contributed by atoms with Crippen LogP contribution in [-0.2, 0) is 9.47 Å². The molecule has 0 N–H and O–H groups in total. The first-order valence-corrected chi connectivity index (χ1v) is 7.87. The third-order valence-electron chi connectivity index (χ3n) is 3.98. The van der Waals surface area contributed by atoms with Gasteiger partial charge in [0.15, 0.2) is 0 Å². The second kappa shape index (κ2) is 6.69. The molecular weight excluding hydrogens is 278 g/mol. The van der Waals surface area contributed by atoms with E-state index in [-0.39, 0.29) is 12.2 Å². The van der Waals surface area contributed by atoms with Crippen molar-refractivity contribution >= 4 is 6.09 Å². The van der Waals surface area contributed by atoms with Crippen molar-refractivity contribution in [2.24, 2.45) is 0 Å². The van der Waals surface area contributed by atoms with Crippen molar-refractivity contribution in [3.63, 3.8) is 0 Å². The molecule has 1 aromatic carbocycles. The van der Waals surface area contributed by atoms with Crippen LogP contribution in [0.25, 0.3) is 0 Å². The number of benzene rings is 1. The van der Waals surface area contributed by atoms with Crippen LogP contribution >= 0.6 is 0 Å². The van der Waals surface area contributed by atoms with Gasteiger partial charge in [-0.25, -0.2) is 4.79 Å². The van der Waals surface area contributed by atoms with Crippen LogP contribution in [0.3, 0.4) is 0 Å². The molecule has 4 nitrogen and oxygen atoms in total. The number of hydrogen-bond acceptors (Lipinski definition) is 3. The van der Waals surface area contributed by atoms with E-state index in [1.165, 1.54) is 11.1 Å². The largest absolute Gasteiger partial charge is 0.444 e. The topological polar surface area (TPSA) is 38.8 Å². The van der Waals surface area contributed by atoms with E-state index in [0.29, 0.717) is 19.0 Å². The molecule has 2 atom stereocenters. The fourth-order valence-electron chi connectivity index (χ4n) is 2.93. The molecule has 1 amide bonds. The van der Waals surface area contributed by atoms with E-state index in [2.05, 4.69) is 31.2 Å². The maximum atomic E-state index is 12.2. The van der Waals surface area contributed by atoms with Crippen molar-refractivity contribution in [3.05, 3.63) is 35.4 Å². The van der Waals surface area contributed by atoms with Crippen LogP contribution in [0.4, 0.5) is 4.79 Å².